The van der Waals surface area contributed by atoms with Crippen LogP contribution in [0.25, 0.3) is 0 Å². The van der Waals surface area contributed by atoms with E-state index in [0.717, 1.165) is 43.7 Å². The second-order valence-electron chi connectivity index (χ2n) is 7.95. The Morgan fingerprint density at radius 2 is 1.96 bits per heavy atom. The molecule has 5 heteroatoms. The van der Waals surface area contributed by atoms with Gasteiger partial charge in [-0.25, -0.2) is 0 Å². The van der Waals surface area contributed by atoms with Crippen molar-refractivity contribution in [2.45, 2.75) is 45.6 Å². The smallest absolute Gasteiger partial charge is 0.220 e. The first-order valence-electron chi connectivity index (χ1n) is 9.95. The van der Waals surface area contributed by atoms with Crippen molar-refractivity contribution in [3.05, 3.63) is 52.8 Å². The number of carbonyl (C=O) groups excluding carboxylic acids is 1. The van der Waals surface area contributed by atoms with E-state index in [2.05, 4.69) is 59.6 Å². The summed E-state index contributed by atoms with van der Waals surface area (Å²) in [6, 6.07) is 10.9. The average Bonchev–Trinajstić information content (AvgIpc) is 2.88. The number of amides is 1. The molecule has 1 saturated heterocycles. The lowest BCUT2D eigenvalue weighted by Gasteiger charge is -2.37. The highest BCUT2D eigenvalue weighted by Gasteiger charge is 2.29. The Labute approximate surface area is 162 Å². The Kier molecular flexibility index (Phi) is 6.32. The normalized spacial score (nSPS) is 20.6. The number of aryl methyl sites for hydroxylation is 2. The van der Waals surface area contributed by atoms with Crippen LogP contribution in [0.1, 0.15) is 35.4 Å². The maximum absolute atomic E-state index is 12.6. The molecule has 5 nitrogen and oxygen atoms in total. The highest BCUT2D eigenvalue weighted by Crippen LogP contribution is 2.21. The van der Waals surface area contributed by atoms with Crippen molar-refractivity contribution in [3.63, 3.8) is 0 Å². The van der Waals surface area contributed by atoms with Gasteiger partial charge < -0.3 is 10.2 Å². The van der Waals surface area contributed by atoms with Gasteiger partial charge in [-0.1, -0.05) is 30.3 Å². The van der Waals surface area contributed by atoms with E-state index < -0.39 is 0 Å². The van der Waals surface area contributed by atoms with Gasteiger partial charge in [0, 0.05) is 31.7 Å². The first kappa shape index (κ1) is 19.6. The molecule has 1 N–H and O–H groups in total. The lowest BCUT2D eigenvalue weighted by atomic mass is 9.86. The first-order chi connectivity index (χ1) is 12.9. The molecule has 1 aliphatic heterocycles. The van der Waals surface area contributed by atoms with Crippen molar-refractivity contribution < 1.29 is 4.79 Å². The Bertz CT molecular complexity index is 768. The fourth-order valence-electron chi connectivity index (χ4n) is 4.22. The van der Waals surface area contributed by atoms with Crippen molar-refractivity contribution in [1.29, 1.82) is 0 Å². The number of carbonyl (C=O) groups is 1. The number of aromatic nitrogens is 2. The zero-order chi connectivity index (χ0) is 19.4. The average molecular weight is 369 g/mol. The molecule has 0 unspecified atom stereocenters. The zero-order valence-electron chi connectivity index (χ0n) is 17.0. The van der Waals surface area contributed by atoms with Crippen LogP contribution in [-0.2, 0) is 24.7 Å². The number of likely N-dealkylation sites (tertiary alicyclic amines) is 1. The number of hydrogen-bond acceptors (Lipinski definition) is 3. The zero-order valence-corrected chi connectivity index (χ0v) is 17.0. The molecule has 0 spiro atoms. The summed E-state index contributed by atoms with van der Waals surface area (Å²) >= 11 is 0. The van der Waals surface area contributed by atoms with Crippen LogP contribution in [-0.4, -0.2) is 46.8 Å². The minimum Gasteiger partial charge on any atom is -0.353 e. The molecule has 27 heavy (non-hydrogen) atoms. The van der Waals surface area contributed by atoms with E-state index >= 15 is 0 Å². The number of piperidine rings is 1. The second kappa shape index (κ2) is 8.70. The SMILES string of the molecule is Cc1nn(C)c(C)c1CCC(=O)N[C@@H]1CCN(C)C[C@@H]1Cc1ccccc1. The summed E-state index contributed by atoms with van der Waals surface area (Å²) in [5, 5.41) is 7.78. The molecule has 2 aromatic rings. The summed E-state index contributed by atoms with van der Waals surface area (Å²) in [5.74, 6) is 0.613. The van der Waals surface area contributed by atoms with Gasteiger partial charge in [0.1, 0.15) is 0 Å². The molecule has 1 aromatic heterocycles. The summed E-state index contributed by atoms with van der Waals surface area (Å²) in [4.78, 5) is 15.0. The van der Waals surface area contributed by atoms with Crippen LogP contribution in [0, 0.1) is 19.8 Å². The summed E-state index contributed by atoms with van der Waals surface area (Å²) in [7, 11) is 4.13. The number of nitrogens with zero attached hydrogens (tertiary/aromatic N) is 3. The van der Waals surface area contributed by atoms with E-state index in [4.69, 9.17) is 0 Å². The van der Waals surface area contributed by atoms with Crippen LogP contribution in [0.4, 0.5) is 0 Å². The third-order valence-electron chi connectivity index (χ3n) is 5.89. The molecule has 2 atom stereocenters. The summed E-state index contributed by atoms with van der Waals surface area (Å²) < 4.78 is 1.90. The van der Waals surface area contributed by atoms with Gasteiger partial charge in [0.25, 0.3) is 0 Å². The molecule has 0 bridgehead atoms. The first-order valence-corrected chi connectivity index (χ1v) is 9.95. The maximum atomic E-state index is 12.6. The molecule has 1 aromatic carbocycles. The molecule has 2 heterocycles. The fourth-order valence-corrected chi connectivity index (χ4v) is 4.22. The lowest BCUT2D eigenvalue weighted by Crippen LogP contribution is -2.50. The molecule has 0 radical (unpaired) electrons. The Balaban J connectivity index is 1.59. The van der Waals surface area contributed by atoms with Gasteiger partial charge in [0.2, 0.25) is 5.91 Å². The van der Waals surface area contributed by atoms with Crippen LogP contribution in [0.3, 0.4) is 0 Å². The van der Waals surface area contributed by atoms with Crippen molar-refractivity contribution in [2.24, 2.45) is 13.0 Å². The largest absolute Gasteiger partial charge is 0.353 e. The summed E-state index contributed by atoms with van der Waals surface area (Å²) in [5.41, 5.74) is 4.74. The molecule has 1 aliphatic rings. The molecule has 1 fully saturated rings. The molecule has 146 valence electrons. The number of hydrogen-bond donors (Lipinski definition) is 1. The van der Waals surface area contributed by atoms with Gasteiger partial charge in [-0.2, -0.15) is 5.10 Å². The quantitative estimate of drug-likeness (QED) is 0.853. The third-order valence-corrected chi connectivity index (χ3v) is 5.89. The van der Waals surface area contributed by atoms with Gasteiger partial charge in [-0.3, -0.25) is 9.48 Å². The van der Waals surface area contributed by atoms with Gasteiger partial charge in [-0.05, 0) is 63.7 Å². The van der Waals surface area contributed by atoms with E-state index in [9.17, 15) is 4.79 Å². The topological polar surface area (TPSA) is 50.2 Å². The predicted molar refractivity (Wildman–Crippen MR) is 109 cm³/mol. The molecule has 3 rings (SSSR count). The van der Waals surface area contributed by atoms with E-state index in [-0.39, 0.29) is 11.9 Å². The maximum Gasteiger partial charge on any atom is 0.220 e. The highest BCUT2D eigenvalue weighted by atomic mass is 16.1. The Morgan fingerprint density at radius 3 is 2.63 bits per heavy atom. The minimum atomic E-state index is 0.158. The Morgan fingerprint density at radius 1 is 1.22 bits per heavy atom. The lowest BCUT2D eigenvalue weighted by molar-refractivity contribution is -0.122. The fraction of sp³-hybridized carbons (Fsp3) is 0.545. The van der Waals surface area contributed by atoms with Crippen molar-refractivity contribution in [2.75, 3.05) is 20.1 Å². The molecular weight excluding hydrogens is 336 g/mol. The monoisotopic (exact) mass is 368 g/mol. The van der Waals surface area contributed by atoms with Gasteiger partial charge in [-0.15, -0.1) is 0 Å². The van der Waals surface area contributed by atoms with E-state index in [1.54, 1.807) is 0 Å². The summed E-state index contributed by atoms with van der Waals surface area (Å²) in [6.07, 6.45) is 3.31. The predicted octanol–water partition coefficient (Wildman–Crippen LogP) is 2.65. The van der Waals surface area contributed by atoms with Crippen LogP contribution >= 0.6 is 0 Å². The van der Waals surface area contributed by atoms with Crippen LogP contribution < -0.4 is 5.32 Å². The number of rotatable bonds is 6. The van der Waals surface area contributed by atoms with Crippen LogP contribution in [0.5, 0.6) is 0 Å². The van der Waals surface area contributed by atoms with Gasteiger partial charge >= 0.3 is 0 Å². The van der Waals surface area contributed by atoms with Crippen LogP contribution in [0.2, 0.25) is 0 Å². The van der Waals surface area contributed by atoms with E-state index in [1.807, 2.05) is 18.7 Å². The molecule has 0 saturated carbocycles. The highest BCUT2D eigenvalue weighted by molar-refractivity contribution is 5.76. The summed E-state index contributed by atoms with van der Waals surface area (Å²) in [6.45, 7) is 6.16. The van der Waals surface area contributed by atoms with E-state index in [0.29, 0.717) is 12.3 Å². The van der Waals surface area contributed by atoms with Gasteiger partial charge in [0.15, 0.2) is 0 Å². The van der Waals surface area contributed by atoms with Crippen LogP contribution in [0.15, 0.2) is 30.3 Å². The molecular formula is C22H32N4O. The standard InChI is InChI=1S/C22H32N4O/c1-16-20(17(2)26(4)24-16)10-11-22(27)23-21-12-13-25(3)15-19(21)14-18-8-6-5-7-9-18/h5-9,19,21H,10-15H2,1-4H3,(H,23,27)/t19-,21+/m0/s1. The number of benzene rings is 1. The second-order valence-corrected chi connectivity index (χ2v) is 7.95. The van der Waals surface area contributed by atoms with Crippen molar-refractivity contribution in [1.82, 2.24) is 20.0 Å². The van der Waals surface area contributed by atoms with Crippen molar-refractivity contribution in [3.8, 4) is 0 Å². The molecule has 0 aliphatic carbocycles. The Hall–Kier alpha value is -2.14. The van der Waals surface area contributed by atoms with Crippen molar-refractivity contribution >= 4 is 5.91 Å². The molecule has 1 amide bonds. The minimum absolute atomic E-state index is 0.158. The van der Waals surface area contributed by atoms with E-state index in [1.165, 1.54) is 11.1 Å². The van der Waals surface area contributed by atoms with Gasteiger partial charge in [0.05, 0.1) is 5.69 Å². The number of nitrogens with one attached hydrogen (secondary N) is 1. The third kappa shape index (κ3) is 4.98.